The van der Waals surface area contributed by atoms with Crippen LogP contribution in [0.5, 0.6) is 0 Å². The van der Waals surface area contributed by atoms with Gasteiger partial charge in [0.05, 0.1) is 6.07 Å². The first-order chi connectivity index (χ1) is 13.1. The molecule has 0 aliphatic rings. The van der Waals surface area contributed by atoms with E-state index in [9.17, 15) is 4.79 Å². The fourth-order valence-electron chi connectivity index (χ4n) is 2.96. The van der Waals surface area contributed by atoms with Crippen LogP contribution in [0.1, 0.15) is 45.1 Å². The summed E-state index contributed by atoms with van der Waals surface area (Å²) in [5, 5.41) is 15.5. The fraction of sp³-hybridized carbons (Fsp3) is 0.333. The van der Waals surface area contributed by atoms with Crippen LogP contribution in [0.3, 0.4) is 0 Å². The highest BCUT2D eigenvalue weighted by Crippen LogP contribution is 2.27. The summed E-state index contributed by atoms with van der Waals surface area (Å²) in [7, 11) is 0. The van der Waals surface area contributed by atoms with Crippen molar-refractivity contribution in [2.24, 2.45) is 5.92 Å². The molecule has 3 heteroatoms. The SMILES string of the molecule is CCCCC(CC)Cc1ccccc1-c1ccccc1.N#CC=CC(=O)O. The van der Waals surface area contributed by atoms with Crippen LogP contribution in [-0.2, 0) is 11.2 Å². The monoisotopic (exact) mass is 363 g/mol. The molecule has 0 amide bonds. The molecule has 0 aliphatic heterocycles. The Hall–Kier alpha value is -2.86. The zero-order valence-corrected chi connectivity index (χ0v) is 16.3. The van der Waals surface area contributed by atoms with Gasteiger partial charge < -0.3 is 5.11 Å². The summed E-state index contributed by atoms with van der Waals surface area (Å²) in [6.45, 7) is 4.61. The molecule has 2 aromatic carbocycles. The molecule has 2 aromatic rings. The number of carboxylic acids is 1. The zero-order chi connectivity index (χ0) is 19.9. The number of nitriles is 1. The lowest BCUT2D eigenvalue weighted by Gasteiger charge is -2.17. The lowest BCUT2D eigenvalue weighted by atomic mass is 9.88. The van der Waals surface area contributed by atoms with Gasteiger partial charge in [0, 0.05) is 12.2 Å². The minimum Gasteiger partial charge on any atom is -0.478 e. The Morgan fingerprint density at radius 2 is 1.78 bits per heavy atom. The number of hydrogen-bond donors (Lipinski definition) is 1. The van der Waals surface area contributed by atoms with E-state index in [1.165, 1.54) is 54.9 Å². The lowest BCUT2D eigenvalue weighted by Crippen LogP contribution is -2.04. The van der Waals surface area contributed by atoms with Gasteiger partial charge in [-0.1, -0.05) is 94.1 Å². The number of aliphatic carboxylic acids is 1. The van der Waals surface area contributed by atoms with Crippen molar-refractivity contribution in [1.82, 2.24) is 0 Å². The topological polar surface area (TPSA) is 61.1 Å². The Labute approximate surface area is 163 Å². The first kappa shape index (κ1) is 22.2. The summed E-state index contributed by atoms with van der Waals surface area (Å²) >= 11 is 0. The molecule has 0 heterocycles. The molecule has 2 rings (SSSR count). The molecule has 0 spiro atoms. The van der Waals surface area contributed by atoms with E-state index in [4.69, 9.17) is 10.4 Å². The number of nitrogens with zero attached hydrogens (tertiary/aromatic N) is 1. The third-order valence-electron chi connectivity index (χ3n) is 4.45. The minimum absolute atomic E-state index is 0.778. The van der Waals surface area contributed by atoms with E-state index < -0.39 is 5.97 Å². The Kier molecular flexibility index (Phi) is 11.0. The van der Waals surface area contributed by atoms with Crippen LogP contribution in [0, 0.1) is 17.2 Å². The third-order valence-corrected chi connectivity index (χ3v) is 4.45. The molecular weight excluding hydrogens is 334 g/mol. The summed E-state index contributed by atoms with van der Waals surface area (Å²) < 4.78 is 0. The minimum atomic E-state index is -1.10. The first-order valence-electron chi connectivity index (χ1n) is 9.54. The van der Waals surface area contributed by atoms with Crippen LogP contribution < -0.4 is 0 Å². The highest BCUT2D eigenvalue weighted by Gasteiger charge is 2.10. The van der Waals surface area contributed by atoms with Gasteiger partial charge >= 0.3 is 5.97 Å². The second-order valence-electron chi connectivity index (χ2n) is 6.44. The van der Waals surface area contributed by atoms with Crippen molar-refractivity contribution < 1.29 is 9.90 Å². The van der Waals surface area contributed by atoms with Crippen molar-refractivity contribution in [3.8, 4) is 17.2 Å². The molecule has 3 nitrogen and oxygen atoms in total. The van der Waals surface area contributed by atoms with Crippen molar-refractivity contribution in [2.45, 2.75) is 46.0 Å². The predicted octanol–water partition coefficient (Wildman–Crippen LogP) is 6.26. The van der Waals surface area contributed by atoms with Gasteiger partial charge in [0.2, 0.25) is 0 Å². The van der Waals surface area contributed by atoms with Gasteiger partial charge in [-0.25, -0.2) is 4.79 Å². The number of benzene rings is 2. The summed E-state index contributed by atoms with van der Waals surface area (Å²) in [5.74, 6) is -0.277. The number of unbranched alkanes of at least 4 members (excludes halogenated alkanes) is 1. The normalized spacial score (nSPS) is 11.3. The van der Waals surface area contributed by atoms with E-state index in [1.54, 1.807) is 0 Å². The third kappa shape index (κ3) is 8.87. The number of carbonyl (C=O) groups is 1. The summed E-state index contributed by atoms with van der Waals surface area (Å²) in [5.41, 5.74) is 4.25. The summed E-state index contributed by atoms with van der Waals surface area (Å²) in [6.07, 6.45) is 8.19. The molecule has 0 fully saturated rings. The average molecular weight is 364 g/mol. The van der Waals surface area contributed by atoms with Gasteiger partial charge in [-0.3, -0.25) is 0 Å². The molecule has 1 atom stereocenters. The average Bonchev–Trinajstić information content (AvgIpc) is 2.71. The molecule has 0 bridgehead atoms. The molecule has 27 heavy (non-hydrogen) atoms. The highest BCUT2D eigenvalue weighted by molar-refractivity contribution is 5.80. The van der Waals surface area contributed by atoms with Gasteiger partial charge in [-0.2, -0.15) is 5.26 Å². The maximum Gasteiger partial charge on any atom is 0.329 e. The van der Waals surface area contributed by atoms with Crippen LogP contribution in [-0.4, -0.2) is 11.1 Å². The molecule has 1 N–H and O–H groups in total. The predicted molar refractivity (Wildman–Crippen MR) is 111 cm³/mol. The first-order valence-corrected chi connectivity index (χ1v) is 9.54. The quantitative estimate of drug-likeness (QED) is 0.444. The van der Waals surface area contributed by atoms with Gasteiger partial charge in [0.15, 0.2) is 0 Å². The van der Waals surface area contributed by atoms with Gasteiger partial charge in [0.1, 0.15) is 0 Å². The van der Waals surface area contributed by atoms with E-state index in [2.05, 4.69) is 68.4 Å². The van der Waals surface area contributed by atoms with Crippen LogP contribution >= 0.6 is 0 Å². The molecule has 1 unspecified atom stereocenters. The van der Waals surface area contributed by atoms with Crippen molar-refractivity contribution >= 4 is 5.97 Å². The van der Waals surface area contributed by atoms with Crippen LogP contribution in [0.25, 0.3) is 11.1 Å². The van der Waals surface area contributed by atoms with Crippen LogP contribution in [0.15, 0.2) is 66.7 Å². The molecule has 142 valence electrons. The van der Waals surface area contributed by atoms with E-state index >= 15 is 0 Å². The van der Waals surface area contributed by atoms with E-state index in [0.717, 1.165) is 18.1 Å². The maximum atomic E-state index is 9.52. The molecule has 0 aromatic heterocycles. The van der Waals surface area contributed by atoms with Crippen molar-refractivity contribution in [3.63, 3.8) is 0 Å². The second-order valence-corrected chi connectivity index (χ2v) is 6.44. The van der Waals surface area contributed by atoms with E-state index in [0.29, 0.717) is 0 Å². The molecule has 0 saturated heterocycles. The lowest BCUT2D eigenvalue weighted by molar-refractivity contribution is -0.131. The van der Waals surface area contributed by atoms with Crippen molar-refractivity contribution in [2.75, 3.05) is 0 Å². The van der Waals surface area contributed by atoms with Gasteiger partial charge in [-0.15, -0.1) is 0 Å². The smallest absolute Gasteiger partial charge is 0.329 e. The largest absolute Gasteiger partial charge is 0.478 e. The van der Waals surface area contributed by atoms with Crippen molar-refractivity contribution in [3.05, 3.63) is 72.3 Å². The number of rotatable bonds is 8. The Balaban J connectivity index is 0.000000445. The molecule has 0 saturated carbocycles. The fourth-order valence-corrected chi connectivity index (χ4v) is 2.96. The van der Waals surface area contributed by atoms with Crippen LogP contribution in [0.4, 0.5) is 0 Å². The standard InChI is InChI=1S/C20H26.C4H3NO2/c1-3-5-11-17(4-2)16-19-14-9-10-15-20(19)18-12-7-6-8-13-18;5-3-1-2-4(6)7/h6-10,12-15,17H,3-5,11,16H2,1-2H3;1-2H,(H,6,7). The van der Waals surface area contributed by atoms with Crippen molar-refractivity contribution in [1.29, 1.82) is 5.26 Å². The van der Waals surface area contributed by atoms with Gasteiger partial charge in [-0.05, 0) is 29.0 Å². The van der Waals surface area contributed by atoms with E-state index in [-0.39, 0.29) is 0 Å². The Morgan fingerprint density at radius 1 is 1.11 bits per heavy atom. The Bertz CT molecular complexity index is 744. The molecule has 0 aliphatic carbocycles. The number of hydrogen-bond acceptors (Lipinski definition) is 2. The Morgan fingerprint density at radius 3 is 2.33 bits per heavy atom. The molecule has 0 radical (unpaired) electrons. The van der Waals surface area contributed by atoms with E-state index in [1.807, 2.05) is 0 Å². The van der Waals surface area contributed by atoms with Gasteiger partial charge in [0.25, 0.3) is 0 Å². The second kappa shape index (κ2) is 13.4. The number of carboxylic acid groups (broad SMARTS) is 1. The maximum absolute atomic E-state index is 9.52. The highest BCUT2D eigenvalue weighted by atomic mass is 16.4. The zero-order valence-electron chi connectivity index (χ0n) is 16.3. The molecular formula is C24H29NO2. The summed E-state index contributed by atoms with van der Waals surface area (Å²) in [4.78, 5) is 9.52. The number of allylic oxidation sites excluding steroid dienone is 1. The summed E-state index contributed by atoms with van der Waals surface area (Å²) in [6, 6.07) is 21.2. The van der Waals surface area contributed by atoms with Crippen LogP contribution in [0.2, 0.25) is 0 Å².